The van der Waals surface area contributed by atoms with Crippen LogP contribution in [-0.4, -0.2) is 52.2 Å². The first kappa shape index (κ1) is 21.1. The van der Waals surface area contributed by atoms with Crippen molar-refractivity contribution in [2.24, 2.45) is 0 Å². The van der Waals surface area contributed by atoms with Gasteiger partial charge in [0, 0.05) is 10.9 Å². The largest absolute Gasteiger partial charge is 0.493 e. The van der Waals surface area contributed by atoms with Crippen molar-refractivity contribution in [2.75, 3.05) is 26.6 Å². The highest BCUT2D eigenvalue weighted by molar-refractivity contribution is 6.14. The Bertz CT molecular complexity index is 1510. The number of H-pyrrole nitrogens is 1. The van der Waals surface area contributed by atoms with Crippen LogP contribution in [0.2, 0.25) is 0 Å². The number of amides is 1. The van der Waals surface area contributed by atoms with Gasteiger partial charge in [0.25, 0.3) is 5.91 Å². The summed E-state index contributed by atoms with van der Waals surface area (Å²) in [6, 6.07) is 12.7. The number of pyridine rings is 1. The summed E-state index contributed by atoms with van der Waals surface area (Å²) in [5.41, 5.74) is 3.36. The third kappa shape index (κ3) is 3.60. The van der Waals surface area contributed by atoms with E-state index in [4.69, 9.17) is 19.2 Å². The molecule has 1 amide bonds. The Kier molecular flexibility index (Phi) is 5.38. The Morgan fingerprint density at radius 3 is 2.44 bits per heavy atom. The first-order chi connectivity index (χ1) is 16.6. The molecule has 170 valence electrons. The van der Waals surface area contributed by atoms with E-state index < -0.39 is 0 Å². The van der Waals surface area contributed by atoms with Crippen LogP contribution in [0.25, 0.3) is 33.3 Å². The van der Waals surface area contributed by atoms with Crippen molar-refractivity contribution in [1.82, 2.24) is 24.9 Å². The van der Waals surface area contributed by atoms with Crippen LogP contribution in [0, 0.1) is 0 Å². The van der Waals surface area contributed by atoms with Gasteiger partial charge in [-0.15, -0.1) is 0 Å². The molecule has 2 N–H and O–H groups in total. The Morgan fingerprint density at radius 1 is 0.941 bits per heavy atom. The molecule has 0 saturated heterocycles. The van der Waals surface area contributed by atoms with Crippen molar-refractivity contribution in [3.8, 4) is 28.5 Å². The number of imidazole rings is 1. The van der Waals surface area contributed by atoms with Gasteiger partial charge in [-0.1, -0.05) is 18.2 Å². The van der Waals surface area contributed by atoms with E-state index in [0.29, 0.717) is 62.0 Å². The monoisotopic (exact) mass is 456 g/mol. The van der Waals surface area contributed by atoms with Crippen LogP contribution < -0.4 is 19.5 Å². The van der Waals surface area contributed by atoms with Crippen molar-refractivity contribution in [3.05, 3.63) is 60.7 Å². The number of nitrogens with one attached hydrogen (secondary N) is 2. The number of hydrogen-bond donors (Lipinski definition) is 2. The zero-order valence-electron chi connectivity index (χ0n) is 18.6. The molecule has 0 saturated carbocycles. The molecule has 0 aliphatic carbocycles. The molecule has 3 heterocycles. The van der Waals surface area contributed by atoms with Crippen LogP contribution in [-0.2, 0) is 0 Å². The van der Waals surface area contributed by atoms with Gasteiger partial charge in [-0.25, -0.2) is 19.9 Å². The van der Waals surface area contributed by atoms with Crippen LogP contribution in [0.1, 0.15) is 10.4 Å². The second kappa shape index (κ2) is 8.66. The van der Waals surface area contributed by atoms with Gasteiger partial charge >= 0.3 is 0 Å². The summed E-state index contributed by atoms with van der Waals surface area (Å²) >= 11 is 0. The lowest BCUT2D eigenvalue weighted by Crippen LogP contribution is -2.14. The summed E-state index contributed by atoms with van der Waals surface area (Å²) < 4.78 is 16.4. The topological polar surface area (TPSA) is 124 Å². The molecule has 0 atom stereocenters. The number of fused-ring (bicyclic) bond motifs is 2. The minimum absolute atomic E-state index is 0.336. The molecular formula is C24H20N6O4. The molecule has 34 heavy (non-hydrogen) atoms. The molecule has 10 nitrogen and oxygen atoms in total. The van der Waals surface area contributed by atoms with Crippen LogP contribution >= 0.6 is 0 Å². The smallest absolute Gasteiger partial charge is 0.257 e. The van der Waals surface area contributed by atoms with Crippen molar-refractivity contribution in [1.29, 1.82) is 0 Å². The van der Waals surface area contributed by atoms with Gasteiger partial charge in [-0.05, 0) is 24.3 Å². The minimum Gasteiger partial charge on any atom is -0.493 e. The Morgan fingerprint density at radius 2 is 1.71 bits per heavy atom. The van der Waals surface area contributed by atoms with E-state index in [1.54, 1.807) is 39.5 Å². The van der Waals surface area contributed by atoms with Crippen molar-refractivity contribution < 1.29 is 19.0 Å². The number of rotatable bonds is 6. The average molecular weight is 456 g/mol. The number of aromatic nitrogens is 5. The van der Waals surface area contributed by atoms with E-state index in [-0.39, 0.29) is 5.91 Å². The molecule has 3 aromatic heterocycles. The average Bonchev–Trinajstić information content (AvgIpc) is 3.37. The minimum atomic E-state index is -0.345. The maximum Gasteiger partial charge on any atom is 0.257 e. The zero-order valence-corrected chi connectivity index (χ0v) is 18.6. The molecular weight excluding hydrogens is 436 g/mol. The number of nitrogens with zero attached hydrogens (tertiary/aromatic N) is 4. The molecule has 0 spiro atoms. The van der Waals surface area contributed by atoms with E-state index in [0.717, 1.165) is 0 Å². The van der Waals surface area contributed by atoms with Crippen LogP contribution in [0.4, 0.5) is 5.82 Å². The van der Waals surface area contributed by atoms with E-state index in [9.17, 15) is 4.79 Å². The lowest BCUT2D eigenvalue weighted by atomic mass is 10.0. The van der Waals surface area contributed by atoms with E-state index in [1.807, 2.05) is 24.3 Å². The van der Waals surface area contributed by atoms with Gasteiger partial charge in [0.05, 0.1) is 44.4 Å². The molecule has 0 aliphatic rings. The third-order valence-corrected chi connectivity index (χ3v) is 5.38. The van der Waals surface area contributed by atoms with Gasteiger partial charge in [0.15, 0.2) is 23.0 Å². The molecule has 0 aliphatic heterocycles. The quantitative estimate of drug-likeness (QED) is 0.395. The number of methoxy groups -OCH3 is 3. The molecule has 0 bridgehead atoms. The summed E-state index contributed by atoms with van der Waals surface area (Å²) in [6.07, 6.45) is 2.85. The number of ether oxygens (including phenoxy) is 3. The number of hydrogen-bond acceptors (Lipinski definition) is 8. The molecule has 0 unspecified atom stereocenters. The van der Waals surface area contributed by atoms with Gasteiger partial charge in [-0.3, -0.25) is 4.79 Å². The fraction of sp³-hybridized carbons (Fsp3) is 0.125. The second-order valence-corrected chi connectivity index (χ2v) is 7.26. The van der Waals surface area contributed by atoms with Crippen LogP contribution in [0.3, 0.4) is 0 Å². The third-order valence-electron chi connectivity index (χ3n) is 5.38. The van der Waals surface area contributed by atoms with E-state index in [2.05, 4.69) is 25.3 Å². The SMILES string of the molecule is COc1cc(-c2cc(C(=O)Nc3ncnc4nc[nH]c34)c3ccccc3n2)cc(OC)c1OC. The number of anilines is 1. The Balaban J connectivity index is 1.64. The van der Waals surface area contributed by atoms with Crippen molar-refractivity contribution >= 4 is 33.8 Å². The summed E-state index contributed by atoms with van der Waals surface area (Å²) in [4.78, 5) is 33.5. The molecule has 0 fully saturated rings. The highest BCUT2D eigenvalue weighted by Crippen LogP contribution is 2.41. The van der Waals surface area contributed by atoms with Gasteiger partial charge < -0.3 is 24.5 Å². The molecule has 0 radical (unpaired) electrons. The lowest BCUT2D eigenvalue weighted by Gasteiger charge is -2.15. The highest BCUT2D eigenvalue weighted by Gasteiger charge is 2.19. The van der Waals surface area contributed by atoms with Gasteiger partial charge in [0.2, 0.25) is 5.75 Å². The second-order valence-electron chi connectivity index (χ2n) is 7.26. The maximum absolute atomic E-state index is 13.4. The Hall–Kier alpha value is -4.73. The number of carbonyl (C=O) groups excluding carboxylic acids is 1. The number of aromatic amines is 1. The van der Waals surface area contributed by atoms with E-state index >= 15 is 0 Å². The van der Waals surface area contributed by atoms with Crippen LogP contribution in [0.15, 0.2) is 55.1 Å². The summed E-state index contributed by atoms with van der Waals surface area (Å²) in [5.74, 6) is 1.44. The Labute approximate surface area is 194 Å². The number of carbonyl (C=O) groups is 1. The van der Waals surface area contributed by atoms with Gasteiger partial charge in [-0.2, -0.15) is 0 Å². The standard InChI is InChI=1S/C24H20N6O4/c1-32-18-8-13(9-19(33-2)21(18)34-3)17-10-15(14-6-4-5-7-16(14)29-17)24(31)30-23-20-22(26-11-25-20)27-12-28-23/h4-12H,1-3H3,(H2,25,26,27,28,30,31). The van der Waals surface area contributed by atoms with Crippen LogP contribution in [0.5, 0.6) is 17.2 Å². The number of para-hydroxylation sites is 1. The summed E-state index contributed by atoms with van der Waals surface area (Å²) in [6.45, 7) is 0. The molecule has 5 aromatic rings. The first-order valence-corrected chi connectivity index (χ1v) is 10.3. The van der Waals surface area contributed by atoms with E-state index in [1.165, 1.54) is 12.7 Å². The predicted molar refractivity (Wildman–Crippen MR) is 126 cm³/mol. The normalized spacial score (nSPS) is 10.9. The molecule has 5 rings (SSSR count). The summed E-state index contributed by atoms with van der Waals surface area (Å²) in [7, 11) is 4.64. The first-order valence-electron chi connectivity index (χ1n) is 10.3. The molecule has 10 heteroatoms. The van der Waals surface area contributed by atoms with Crippen molar-refractivity contribution in [2.45, 2.75) is 0 Å². The maximum atomic E-state index is 13.4. The van der Waals surface area contributed by atoms with Gasteiger partial charge in [0.1, 0.15) is 11.8 Å². The predicted octanol–water partition coefficient (Wildman–Crippen LogP) is 3.85. The van der Waals surface area contributed by atoms with Crippen molar-refractivity contribution in [3.63, 3.8) is 0 Å². The fourth-order valence-corrected chi connectivity index (χ4v) is 3.77. The molecule has 2 aromatic carbocycles. The fourth-order valence-electron chi connectivity index (χ4n) is 3.77. The highest BCUT2D eigenvalue weighted by atomic mass is 16.5. The lowest BCUT2D eigenvalue weighted by molar-refractivity contribution is 0.102. The number of benzene rings is 2. The summed E-state index contributed by atoms with van der Waals surface area (Å²) in [5, 5.41) is 3.56. The zero-order chi connectivity index (χ0) is 23.7.